The molecule has 2 rings (SSSR count). The summed E-state index contributed by atoms with van der Waals surface area (Å²) in [6.07, 6.45) is 0. The molecule has 1 N–H and O–H groups in total. The second-order valence-electron chi connectivity index (χ2n) is 3.74. The molecule has 1 aromatic carbocycles. The van der Waals surface area contributed by atoms with E-state index in [1.54, 1.807) is 0 Å². The summed E-state index contributed by atoms with van der Waals surface area (Å²) in [7, 11) is 0. The summed E-state index contributed by atoms with van der Waals surface area (Å²) in [6.45, 7) is -1.30. The zero-order valence-electron chi connectivity index (χ0n) is 9.62. The van der Waals surface area contributed by atoms with Gasteiger partial charge in [-0.3, -0.25) is 14.3 Å². The average Bonchev–Trinajstić information content (AvgIpc) is 2.36. The van der Waals surface area contributed by atoms with Crippen LogP contribution in [0.1, 0.15) is 0 Å². The number of nitrogens with zero attached hydrogens (tertiary/aromatic N) is 1. The van der Waals surface area contributed by atoms with Gasteiger partial charge in [-0.1, -0.05) is 29.8 Å². The minimum atomic E-state index is -0.888. The minimum Gasteiger partial charge on any atom is -0.297 e. The Morgan fingerprint density at radius 3 is 2.58 bits per heavy atom. The zero-order valence-corrected chi connectivity index (χ0v) is 10.4. The highest BCUT2D eigenvalue weighted by Gasteiger charge is 2.17. The van der Waals surface area contributed by atoms with E-state index in [0.29, 0.717) is 4.57 Å². The lowest BCUT2D eigenvalue weighted by molar-refractivity contribution is 0.432. The molecule has 7 heteroatoms. The van der Waals surface area contributed by atoms with E-state index < -0.39 is 30.3 Å². The molecule has 19 heavy (non-hydrogen) atoms. The Hall–Kier alpha value is -1.95. The van der Waals surface area contributed by atoms with E-state index >= 15 is 0 Å². The smallest absolute Gasteiger partial charge is 0.297 e. The lowest BCUT2D eigenvalue weighted by Crippen LogP contribution is -2.36. The van der Waals surface area contributed by atoms with Gasteiger partial charge in [-0.25, -0.2) is 13.6 Å². The summed E-state index contributed by atoms with van der Waals surface area (Å²) < 4.78 is 26.7. The normalized spacial score (nSPS) is 10.7. The van der Waals surface area contributed by atoms with Crippen molar-refractivity contribution in [2.75, 3.05) is 6.67 Å². The number of rotatable bonds is 3. The van der Waals surface area contributed by atoms with Crippen LogP contribution in [0.3, 0.4) is 0 Å². The SMILES string of the molecule is O=c1[nH]c(Cl)c(-c2ccccc2F)c(=O)n1CCF. The first-order chi connectivity index (χ1) is 9.06. The summed E-state index contributed by atoms with van der Waals surface area (Å²) in [5.74, 6) is -0.652. The molecule has 0 saturated heterocycles. The first-order valence-electron chi connectivity index (χ1n) is 5.39. The predicted octanol–water partition coefficient (Wildman–Crippen LogP) is 1.97. The molecule has 100 valence electrons. The molecule has 0 aliphatic rings. The standard InChI is InChI=1S/C12H9ClF2N2O2/c13-10-9(7-3-1-2-4-8(7)15)11(18)17(6-5-14)12(19)16-10/h1-4H,5-6H2,(H,16,19). The highest BCUT2D eigenvalue weighted by atomic mass is 35.5. The predicted molar refractivity (Wildman–Crippen MR) is 67.7 cm³/mol. The van der Waals surface area contributed by atoms with Gasteiger partial charge in [0.25, 0.3) is 5.56 Å². The van der Waals surface area contributed by atoms with Gasteiger partial charge in [-0.2, -0.15) is 0 Å². The van der Waals surface area contributed by atoms with Crippen molar-refractivity contribution in [1.29, 1.82) is 0 Å². The second kappa shape index (κ2) is 5.36. The maximum absolute atomic E-state index is 13.7. The number of H-pyrrole nitrogens is 1. The highest BCUT2D eigenvalue weighted by Crippen LogP contribution is 2.23. The van der Waals surface area contributed by atoms with Crippen molar-refractivity contribution >= 4 is 11.6 Å². The molecule has 0 radical (unpaired) electrons. The molecule has 0 atom stereocenters. The second-order valence-corrected chi connectivity index (χ2v) is 4.12. The van der Waals surface area contributed by atoms with Crippen molar-refractivity contribution in [3.05, 3.63) is 56.1 Å². The van der Waals surface area contributed by atoms with E-state index in [1.165, 1.54) is 18.2 Å². The Bertz CT molecular complexity index is 724. The van der Waals surface area contributed by atoms with Gasteiger partial charge < -0.3 is 0 Å². The Balaban J connectivity index is 2.78. The van der Waals surface area contributed by atoms with Crippen LogP contribution in [0.4, 0.5) is 8.78 Å². The van der Waals surface area contributed by atoms with Crippen LogP contribution in [-0.2, 0) is 6.54 Å². The third-order valence-corrected chi connectivity index (χ3v) is 2.88. The van der Waals surface area contributed by atoms with Gasteiger partial charge in [0.1, 0.15) is 17.6 Å². The van der Waals surface area contributed by atoms with Crippen molar-refractivity contribution in [2.24, 2.45) is 0 Å². The maximum atomic E-state index is 13.7. The quantitative estimate of drug-likeness (QED) is 0.877. The molecular formula is C12H9ClF2N2O2. The maximum Gasteiger partial charge on any atom is 0.329 e. The molecule has 1 heterocycles. The number of nitrogens with one attached hydrogen (secondary N) is 1. The Morgan fingerprint density at radius 2 is 1.95 bits per heavy atom. The van der Waals surface area contributed by atoms with Gasteiger partial charge in [0.05, 0.1) is 12.1 Å². The average molecular weight is 287 g/mol. The first kappa shape index (κ1) is 13.5. The number of halogens is 3. The Labute approximate surface area is 111 Å². The van der Waals surface area contributed by atoms with Crippen molar-refractivity contribution in [1.82, 2.24) is 9.55 Å². The van der Waals surface area contributed by atoms with Crippen LogP contribution in [0, 0.1) is 5.82 Å². The summed E-state index contributed by atoms with van der Waals surface area (Å²) >= 11 is 5.78. The topological polar surface area (TPSA) is 54.9 Å². The van der Waals surface area contributed by atoms with Gasteiger partial charge in [0.2, 0.25) is 0 Å². The third-order valence-electron chi connectivity index (χ3n) is 2.59. The summed E-state index contributed by atoms with van der Waals surface area (Å²) in [5, 5.41) is -0.268. The van der Waals surface area contributed by atoms with E-state index in [1.807, 2.05) is 0 Å². The minimum absolute atomic E-state index is 0.0404. The van der Waals surface area contributed by atoms with Crippen LogP contribution in [0.15, 0.2) is 33.9 Å². The molecule has 0 saturated carbocycles. The number of aromatic amines is 1. The molecule has 0 fully saturated rings. The number of aromatic nitrogens is 2. The number of alkyl halides is 1. The van der Waals surface area contributed by atoms with Crippen molar-refractivity contribution in [3.63, 3.8) is 0 Å². The molecule has 0 bridgehead atoms. The molecular weight excluding hydrogens is 278 g/mol. The summed E-state index contributed by atoms with van der Waals surface area (Å²) in [5.41, 5.74) is -1.88. The van der Waals surface area contributed by atoms with E-state index in [0.717, 1.165) is 6.07 Å². The monoisotopic (exact) mass is 286 g/mol. The highest BCUT2D eigenvalue weighted by molar-refractivity contribution is 6.32. The van der Waals surface area contributed by atoms with Crippen molar-refractivity contribution < 1.29 is 8.78 Å². The lowest BCUT2D eigenvalue weighted by atomic mass is 10.1. The first-order valence-corrected chi connectivity index (χ1v) is 5.77. The number of benzene rings is 1. The van der Waals surface area contributed by atoms with Crippen molar-refractivity contribution in [3.8, 4) is 11.1 Å². The third kappa shape index (κ3) is 2.44. The number of hydrogen-bond acceptors (Lipinski definition) is 2. The Morgan fingerprint density at radius 1 is 1.26 bits per heavy atom. The van der Waals surface area contributed by atoms with Crippen LogP contribution in [0.2, 0.25) is 5.15 Å². The molecule has 0 aliphatic carbocycles. The van der Waals surface area contributed by atoms with Gasteiger partial charge in [0.15, 0.2) is 0 Å². The molecule has 4 nitrogen and oxygen atoms in total. The molecule has 0 amide bonds. The lowest BCUT2D eigenvalue weighted by Gasteiger charge is -2.08. The van der Waals surface area contributed by atoms with Crippen molar-refractivity contribution in [2.45, 2.75) is 6.54 Å². The van der Waals surface area contributed by atoms with Gasteiger partial charge in [-0.05, 0) is 6.07 Å². The van der Waals surface area contributed by atoms with Crippen LogP contribution >= 0.6 is 11.6 Å². The fourth-order valence-electron chi connectivity index (χ4n) is 1.73. The zero-order chi connectivity index (χ0) is 14.0. The number of hydrogen-bond donors (Lipinski definition) is 1. The molecule has 0 spiro atoms. The fourth-order valence-corrected chi connectivity index (χ4v) is 1.99. The molecule has 1 aromatic heterocycles. The van der Waals surface area contributed by atoms with E-state index in [4.69, 9.17) is 11.6 Å². The van der Waals surface area contributed by atoms with Crippen LogP contribution in [0.5, 0.6) is 0 Å². The van der Waals surface area contributed by atoms with E-state index in [9.17, 15) is 18.4 Å². The molecule has 0 unspecified atom stereocenters. The van der Waals surface area contributed by atoms with Gasteiger partial charge in [-0.15, -0.1) is 0 Å². The summed E-state index contributed by atoms with van der Waals surface area (Å²) in [6, 6.07) is 5.50. The van der Waals surface area contributed by atoms with Gasteiger partial charge >= 0.3 is 5.69 Å². The van der Waals surface area contributed by atoms with Crippen LogP contribution in [0.25, 0.3) is 11.1 Å². The van der Waals surface area contributed by atoms with Gasteiger partial charge in [0, 0.05) is 5.56 Å². The fraction of sp³-hybridized carbons (Fsp3) is 0.167. The Kier molecular flexibility index (Phi) is 3.80. The van der Waals surface area contributed by atoms with E-state index in [2.05, 4.69) is 4.98 Å². The van der Waals surface area contributed by atoms with Crippen LogP contribution in [-0.4, -0.2) is 16.2 Å². The largest absolute Gasteiger partial charge is 0.329 e. The summed E-state index contributed by atoms with van der Waals surface area (Å²) in [4.78, 5) is 25.8. The molecule has 2 aromatic rings. The van der Waals surface area contributed by atoms with Crippen LogP contribution < -0.4 is 11.2 Å². The molecule has 0 aliphatic heterocycles. The van der Waals surface area contributed by atoms with E-state index in [-0.39, 0.29) is 16.3 Å².